The van der Waals surface area contributed by atoms with Crippen LogP contribution in [0.1, 0.15) is 48.9 Å². The summed E-state index contributed by atoms with van der Waals surface area (Å²) in [5, 5.41) is 4.49. The molecule has 5 heteroatoms. The van der Waals surface area contributed by atoms with Crippen LogP contribution in [0.5, 0.6) is 0 Å². The average Bonchev–Trinajstić information content (AvgIpc) is 2.67. The Morgan fingerprint density at radius 1 is 1.28 bits per heavy atom. The van der Waals surface area contributed by atoms with Gasteiger partial charge < -0.3 is 5.73 Å². The molecule has 0 aliphatic heterocycles. The van der Waals surface area contributed by atoms with E-state index < -0.39 is 0 Å². The molecule has 2 aromatic rings. The summed E-state index contributed by atoms with van der Waals surface area (Å²) in [6.07, 6.45) is 6.51. The summed E-state index contributed by atoms with van der Waals surface area (Å²) in [5.74, 6) is 2.11. The lowest BCUT2D eigenvalue weighted by Crippen LogP contribution is -2.32. The van der Waals surface area contributed by atoms with E-state index in [4.69, 9.17) is 5.73 Å². The van der Waals surface area contributed by atoms with Crippen LogP contribution in [0.25, 0.3) is 5.52 Å². The van der Waals surface area contributed by atoms with Gasteiger partial charge in [-0.05, 0) is 26.7 Å². The van der Waals surface area contributed by atoms with Crippen molar-refractivity contribution in [1.82, 2.24) is 19.6 Å². The highest BCUT2D eigenvalue weighted by molar-refractivity contribution is 5.50. The SMILES string of the molecule is Cc1ncc2c(C)nc(C3CCCCC3N)n2n1. The molecule has 2 atom stereocenters. The summed E-state index contributed by atoms with van der Waals surface area (Å²) in [6.45, 7) is 3.91. The second kappa shape index (κ2) is 4.31. The number of hydrogen-bond donors (Lipinski definition) is 1. The maximum absolute atomic E-state index is 6.25. The minimum absolute atomic E-state index is 0.207. The molecule has 0 radical (unpaired) electrons. The van der Waals surface area contributed by atoms with E-state index in [1.807, 2.05) is 24.6 Å². The van der Waals surface area contributed by atoms with E-state index in [1.54, 1.807) is 0 Å². The van der Waals surface area contributed by atoms with Crippen molar-refractivity contribution in [2.24, 2.45) is 5.73 Å². The fraction of sp³-hybridized carbons (Fsp3) is 0.615. The molecule has 0 amide bonds. The summed E-state index contributed by atoms with van der Waals surface area (Å²) in [7, 11) is 0. The van der Waals surface area contributed by atoms with Crippen molar-refractivity contribution in [2.45, 2.75) is 51.5 Å². The van der Waals surface area contributed by atoms with Gasteiger partial charge in [0, 0.05) is 12.0 Å². The van der Waals surface area contributed by atoms with Crippen molar-refractivity contribution in [2.75, 3.05) is 0 Å². The largest absolute Gasteiger partial charge is 0.327 e. The summed E-state index contributed by atoms with van der Waals surface area (Å²) in [4.78, 5) is 8.93. The zero-order valence-corrected chi connectivity index (χ0v) is 10.9. The molecule has 2 unspecified atom stereocenters. The van der Waals surface area contributed by atoms with Gasteiger partial charge in [0.25, 0.3) is 0 Å². The molecule has 0 bridgehead atoms. The fourth-order valence-electron chi connectivity index (χ4n) is 2.85. The first kappa shape index (κ1) is 11.6. The molecular formula is C13H19N5. The number of nitrogens with two attached hydrogens (primary N) is 1. The quantitative estimate of drug-likeness (QED) is 0.830. The van der Waals surface area contributed by atoms with Gasteiger partial charge in [0.05, 0.1) is 11.9 Å². The van der Waals surface area contributed by atoms with Gasteiger partial charge in [-0.3, -0.25) is 0 Å². The molecule has 2 N–H and O–H groups in total. The van der Waals surface area contributed by atoms with Crippen molar-refractivity contribution >= 4 is 5.52 Å². The molecule has 0 spiro atoms. The molecule has 1 saturated carbocycles. The zero-order valence-electron chi connectivity index (χ0n) is 10.9. The highest BCUT2D eigenvalue weighted by Crippen LogP contribution is 2.31. The lowest BCUT2D eigenvalue weighted by molar-refractivity contribution is 0.369. The predicted molar refractivity (Wildman–Crippen MR) is 69.4 cm³/mol. The van der Waals surface area contributed by atoms with E-state index >= 15 is 0 Å². The highest BCUT2D eigenvalue weighted by atomic mass is 15.3. The monoisotopic (exact) mass is 245 g/mol. The topological polar surface area (TPSA) is 69.1 Å². The van der Waals surface area contributed by atoms with Gasteiger partial charge in [0.2, 0.25) is 0 Å². The van der Waals surface area contributed by atoms with Gasteiger partial charge in [0.1, 0.15) is 17.2 Å². The van der Waals surface area contributed by atoms with Gasteiger partial charge in [-0.25, -0.2) is 14.5 Å². The Morgan fingerprint density at radius 2 is 2.06 bits per heavy atom. The third kappa shape index (κ3) is 1.79. The maximum atomic E-state index is 6.25. The van der Waals surface area contributed by atoms with E-state index in [-0.39, 0.29) is 6.04 Å². The summed E-state index contributed by atoms with van der Waals surface area (Å²) in [5.41, 5.74) is 8.24. The molecule has 3 rings (SSSR count). The van der Waals surface area contributed by atoms with Gasteiger partial charge >= 0.3 is 0 Å². The Hall–Kier alpha value is -1.49. The van der Waals surface area contributed by atoms with Crippen molar-refractivity contribution < 1.29 is 0 Å². The van der Waals surface area contributed by atoms with Crippen molar-refractivity contribution in [3.05, 3.63) is 23.5 Å². The number of fused-ring (bicyclic) bond motifs is 1. The van der Waals surface area contributed by atoms with Crippen LogP contribution in [0.2, 0.25) is 0 Å². The maximum Gasteiger partial charge on any atom is 0.146 e. The number of hydrogen-bond acceptors (Lipinski definition) is 4. The van der Waals surface area contributed by atoms with Crippen LogP contribution in [0.3, 0.4) is 0 Å². The minimum atomic E-state index is 0.207. The lowest BCUT2D eigenvalue weighted by Gasteiger charge is -2.27. The molecule has 2 aromatic heterocycles. The number of rotatable bonds is 1. The van der Waals surface area contributed by atoms with Crippen LogP contribution in [0.4, 0.5) is 0 Å². The standard InChI is InChI=1S/C13H19N5/c1-8-12-7-15-9(2)17-18(12)13(16-8)10-5-3-4-6-11(10)14/h7,10-11H,3-6,14H2,1-2H3. The summed E-state index contributed by atoms with van der Waals surface area (Å²) in [6, 6.07) is 0.207. The van der Waals surface area contributed by atoms with Crippen molar-refractivity contribution in [3.8, 4) is 0 Å². The van der Waals surface area contributed by atoms with E-state index in [1.165, 1.54) is 12.8 Å². The molecular weight excluding hydrogens is 226 g/mol. The van der Waals surface area contributed by atoms with E-state index in [2.05, 4.69) is 15.1 Å². The molecule has 96 valence electrons. The number of aromatic nitrogens is 4. The Balaban J connectivity index is 2.13. The lowest BCUT2D eigenvalue weighted by atomic mass is 9.84. The van der Waals surface area contributed by atoms with Crippen LogP contribution in [0.15, 0.2) is 6.20 Å². The van der Waals surface area contributed by atoms with Gasteiger partial charge in [0.15, 0.2) is 0 Å². The molecule has 5 nitrogen and oxygen atoms in total. The second-order valence-electron chi connectivity index (χ2n) is 5.21. The Morgan fingerprint density at radius 3 is 2.83 bits per heavy atom. The molecule has 0 saturated heterocycles. The predicted octanol–water partition coefficient (Wildman–Crippen LogP) is 1.73. The first-order valence-corrected chi connectivity index (χ1v) is 6.61. The smallest absolute Gasteiger partial charge is 0.146 e. The molecule has 1 fully saturated rings. The summed E-state index contributed by atoms with van der Waals surface area (Å²) < 4.78 is 1.94. The van der Waals surface area contributed by atoms with Crippen molar-refractivity contribution in [1.29, 1.82) is 0 Å². The molecule has 0 aromatic carbocycles. The average molecular weight is 245 g/mol. The van der Waals surface area contributed by atoms with Crippen LogP contribution < -0.4 is 5.73 Å². The normalized spacial score (nSPS) is 24.6. The Labute approximate surface area is 106 Å². The van der Waals surface area contributed by atoms with Gasteiger partial charge in [-0.15, -0.1) is 0 Å². The van der Waals surface area contributed by atoms with Crippen LogP contribution in [-0.4, -0.2) is 25.6 Å². The zero-order chi connectivity index (χ0) is 12.7. The minimum Gasteiger partial charge on any atom is -0.327 e. The van der Waals surface area contributed by atoms with Crippen LogP contribution >= 0.6 is 0 Å². The van der Waals surface area contributed by atoms with E-state index in [9.17, 15) is 0 Å². The third-order valence-electron chi connectivity index (χ3n) is 3.87. The second-order valence-corrected chi connectivity index (χ2v) is 5.21. The van der Waals surface area contributed by atoms with Crippen LogP contribution in [0, 0.1) is 13.8 Å². The molecule has 1 aliphatic rings. The number of nitrogens with zero attached hydrogens (tertiary/aromatic N) is 4. The fourth-order valence-corrected chi connectivity index (χ4v) is 2.85. The molecule has 2 heterocycles. The van der Waals surface area contributed by atoms with E-state index in [0.717, 1.165) is 35.7 Å². The number of aryl methyl sites for hydroxylation is 2. The van der Waals surface area contributed by atoms with Gasteiger partial charge in [-0.1, -0.05) is 12.8 Å². The first-order chi connectivity index (χ1) is 8.66. The highest BCUT2D eigenvalue weighted by Gasteiger charge is 2.28. The Kier molecular flexibility index (Phi) is 2.78. The van der Waals surface area contributed by atoms with Crippen LogP contribution in [-0.2, 0) is 0 Å². The summed E-state index contributed by atoms with van der Waals surface area (Å²) >= 11 is 0. The molecule has 1 aliphatic carbocycles. The first-order valence-electron chi connectivity index (χ1n) is 6.61. The van der Waals surface area contributed by atoms with E-state index in [0.29, 0.717) is 5.92 Å². The number of imidazole rings is 1. The van der Waals surface area contributed by atoms with Crippen molar-refractivity contribution in [3.63, 3.8) is 0 Å². The third-order valence-corrected chi connectivity index (χ3v) is 3.87. The Bertz CT molecular complexity index is 574. The van der Waals surface area contributed by atoms with Gasteiger partial charge in [-0.2, -0.15) is 5.10 Å². The molecule has 18 heavy (non-hydrogen) atoms.